The highest BCUT2D eigenvalue weighted by Gasteiger charge is 2.60. The minimum absolute atomic E-state index is 0.0229. The van der Waals surface area contributed by atoms with Crippen molar-refractivity contribution >= 4 is 75.3 Å². The van der Waals surface area contributed by atoms with E-state index >= 15 is 0 Å². The van der Waals surface area contributed by atoms with Crippen LogP contribution in [0.4, 0.5) is 64.1 Å². The maximum absolute atomic E-state index is 14.4. The first kappa shape index (κ1) is 52.0. The number of nitrogens with two attached hydrogens (primary N) is 1. The van der Waals surface area contributed by atoms with Gasteiger partial charge in [0.25, 0.3) is 5.91 Å². The topological polar surface area (TPSA) is 74.5 Å². The van der Waals surface area contributed by atoms with Gasteiger partial charge in [0.2, 0.25) is 0 Å². The molecule has 2 aliphatic rings. The Kier molecular flexibility index (Phi) is 15.2. The number of carbonyl (C=O) groups excluding carboxylic acids is 1. The highest BCUT2D eigenvalue weighted by molar-refractivity contribution is 6.35. The van der Waals surface area contributed by atoms with Crippen molar-refractivity contribution in [2.45, 2.75) is 61.5 Å². The van der Waals surface area contributed by atoms with Gasteiger partial charge in [-0.15, -0.1) is 0 Å². The van der Waals surface area contributed by atoms with Gasteiger partial charge in [0.1, 0.15) is 16.0 Å². The number of hydrogen-bond acceptors (Lipinski definition) is 5. The van der Waals surface area contributed by atoms with Crippen LogP contribution in [-0.2, 0) is 36.3 Å². The van der Waals surface area contributed by atoms with Gasteiger partial charge in [-0.3, -0.25) is 4.79 Å². The third-order valence-electron chi connectivity index (χ3n) is 11.6. The minimum Gasteiger partial charge on any atom is -0.370 e. The van der Waals surface area contributed by atoms with Crippen LogP contribution in [0.25, 0.3) is 0 Å². The third kappa shape index (κ3) is 11.4. The molecular formula is C44H34Cl5F12N5O. The molecule has 67 heavy (non-hydrogen) atoms. The number of nitrogens with one attached hydrogen (secondary N) is 1. The van der Waals surface area contributed by atoms with E-state index in [1.807, 2.05) is 0 Å². The molecule has 3 N–H and O–H groups in total. The smallest absolute Gasteiger partial charge is 0.370 e. The van der Waals surface area contributed by atoms with E-state index < -0.39 is 78.6 Å². The molecule has 0 spiro atoms. The van der Waals surface area contributed by atoms with Gasteiger partial charge < -0.3 is 20.9 Å². The molecule has 23 heteroatoms. The number of benzene rings is 4. The highest BCUT2D eigenvalue weighted by Crippen LogP contribution is 2.52. The Morgan fingerprint density at radius 1 is 0.597 bits per heavy atom. The van der Waals surface area contributed by atoms with E-state index in [0.29, 0.717) is 0 Å². The summed E-state index contributed by atoms with van der Waals surface area (Å²) in [5.41, 5.74) is -1.85. The quantitative estimate of drug-likeness (QED) is 0.120. The van der Waals surface area contributed by atoms with Crippen LogP contribution in [0.3, 0.4) is 0 Å². The molecule has 6 nitrogen and oxygen atoms in total. The number of rotatable bonds is 8. The lowest BCUT2D eigenvalue weighted by Crippen LogP contribution is -2.45. The van der Waals surface area contributed by atoms with E-state index in [2.05, 4.69) is 10.3 Å². The molecule has 2 aliphatic heterocycles. The van der Waals surface area contributed by atoms with Gasteiger partial charge in [-0.05, 0) is 108 Å². The van der Waals surface area contributed by atoms with E-state index in [4.69, 9.17) is 63.7 Å². The summed E-state index contributed by atoms with van der Waals surface area (Å²) in [6, 6.07) is 16.7. The van der Waals surface area contributed by atoms with E-state index in [0.717, 1.165) is 18.2 Å². The van der Waals surface area contributed by atoms with Crippen LogP contribution in [-0.4, -0.2) is 49.4 Å². The molecule has 1 aromatic heterocycles. The zero-order valence-corrected chi connectivity index (χ0v) is 37.8. The number of halogens is 17. The molecule has 4 aromatic carbocycles. The van der Waals surface area contributed by atoms with E-state index in [9.17, 15) is 57.5 Å². The molecule has 3 heterocycles. The molecule has 2 fully saturated rings. The van der Waals surface area contributed by atoms with Crippen LogP contribution in [0.5, 0.6) is 0 Å². The Bertz CT molecular complexity index is 2570. The molecule has 360 valence electrons. The SMILES string of the molecule is NCc1ccc(N2CCC(c3cc(Cl)cc(Cl)c3)(C(F)(F)F)C2)cc1C(F)(F)F.O=C(NCc1ccc(N2CCC(c3cc(Cl)cc(Cl)c3)(C(F)(F)F)C2)cc1C(F)(F)F)c1ccc(Cl)nc1. The summed E-state index contributed by atoms with van der Waals surface area (Å²) in [6.07, 6.45) is -18.4. The van der Waals surface area contributed by atoms with Gasteiger partial charge in [-0.1, -0.05) is 70.1 Å². The lowest BCUT2D eigenvalue weighted by Gasteiger charge is -2.33. The molecule has 0 saturated carbocycles. The summed E-state index contributed by atoms with van der Waals surface area (Å²) in [4.78, 5) is 18.6. The normalized spacial score (nSPS) is 19.1. The lowest BCUT2D eigenvalue weighted by atomic mass is 9.79. The Balaban J connectivity index is 0.000000229. The summed E-state index contributed by atoms with van der Waals surface area (Å²) in [5.74, 6) is -0.666. The molecule has 0 radical (unpaired) electrons. The van der Waals surface area contributed by atoms with Crippen LogP contribution >= 0.6 is 58.0 Å². The molecule has 2 unspecified atom stereocenters. The molecule has 2 atom stereocenters. The lowest BCUT2D eigenvalue weighted by molar-refractivity contribution is -0.185. The van der Waals surface area contributed by atoms with Crippen LogP contribution in [0.15, 0.2) is 91.1 Å². The number of aromatic nitrogens is 1. The maximum Gasteiger partial charge on any atom is 0.416 e. The number of pyridine rings is 1. The first-order valence-electron chi connectivity index (χ1n) is 19.6. The van der Waals surface area contributed by atoms with Crippen molar-refractivity contribution in [1.82, 2.24) is 10.3 Å². The molecule has 0 aliphatic carbocycles. The van der Waals surface area contributed by atoms with Crippen molar-refractivity contribution in [3.63, 3.8) is 0 Å². The largest absolute Gasteiger partial charge is 0.416 e. The second-order valence-corrected chi connectivity index (χ2v) is 17.9. The number of hydrogen-bond donors (Lipinski definition) is 2. The summed E-state index contributed by atoms with van der Waals surface area (Å²) in [6.45, 7) is -2.20. The predicted molar refractivity (Wildman–Crippen MR) is 233 cm³/mol. The second kappa shape index (κ2) is 19.6. The van der Waals surface area contributed by atoms with Gasteiger partial charge in [-0.25, -0.2) is 4.98 Å². The fourth-order valence-corrected chi connectivity index (χ4v) is 9.32. The maximum atomic E-state index is 14.4. The van der Waals surface area contributed by atoms with Gasteiger partial charge >= 0.3 is 24.7 Å². The number of carbonyl (C=O) groups is 1. The first-order valence-corrected chi connectivity index (χ1v) is 21.5. The van der Waals surface area contributed by atoms with Crippen LogP contribution in [0.1, 0.15) is 56.6 Å². The van der Waals surface area contributed by atoms with Gasteiger partial charge in [0.05, 0.1) is 16.7 Å². The Hall–Kier alpha value is -4.33. The van der Waals surface area contributed by atoms with Crippen molar-refractivity contribution in [2.75, 3.05) is 36.0 Å². The van der Waals surface area contributed by atoms with Crippen molar-refractivity contribution in [3.8, 4) is 0 Å². The Labute approximate surface area is 399 Å². The molecule has 2 saturated heterocycles. The fourth-order valence-electron chi connectivity index (χ4n) is 8.15. The van der Waals surface area contributed by atoms with Crippen molar-refractivity contribution in [1.29, 1.82) is 0 Å². The van der Waals surface area contributed by atoms with Crippen LogP contribution < -0.4 is 20.9 Å². The zero-order chi connectivity index (χ0) is 49.5. The van der Waals surface area contributed by atoms with Gasteiger partial charge in [0, 0.05) is 76.9 Å². The van der Waals surface area contributed by atoms with E-state index in [-0.39, 0.29) is 90.5 Å². The highest BCUT2D eigenvalue weighted by atomic mass is 35.5. The van der Waals surface area contributed by atoms with Crippen molar-refractivity contribution < 1.29 is 57.5 Å². The monoisotopic (exact) mass is 1050 g/mol. The summed E-state index contributed by atoms with van der Waals surface area (Å²) in [5, 5.41) is 2.70. The molecule has 5 aromatic rings. The van der Waals surface area contributed by atoms with E-state index in [1.54, 1.807) is 0 Å². The Morgan fingerprint density at radius 3 is 1.39 bits per heavy atom. The number of alkyl halides is 12. The molecule has 7 rings (SSSR count). The Morgan fingerprint density at radius 2 is 1.01 bits per heavy atom. The number of amides is 1. The van der Waals surface area contributed by atoms with Crippen molar-refractivity contribution in [2.24, 2.45) is 5.73 Å². The molecule has 0 bridgehead atoms. The standard InChI is InChI=1S/C25H18Cl3F6N3O.C19H16Cl2F6N2/c26-17-7-16(8-18(27)9-17)23(25(32,33)34)5-6-37(13-23)19-3-1-14(20(10-19)24(29,30)31)11-36-22(38)15-2-4-21(28)35-12-15;20-13-5-12(6-14(21)7-13)17(19(25,26)27)3-4-29(10-17)15-2-1-11(9-28)16(8-15)18(22,23)24/h1-4,7-10,12H,5-6,11,13H2,(H,36,38);1-2,5-8H,3-4,9-10,28H2. The first-order chi connectivity index (χ1) is 31.1. The van der Waals surface area contributed by atoms with Crippen LogP contribution in [0.2, 0.25) is 25.2 Å². The minimum atomic E-state index is -4.82. The average Bonchev–Trinajstić information content (AvgIpc) is 3.90. The zero-order valence-electron chi connectivity index (χ0n) is 34.1. The summed E-state index contributed by atoms with van der Waals surface area (Å²) in [7, 11) is 0. The molecule has 1 amide bonds. The summed E-state index contributed by atoms with van der Waals surface area (Å²) >= 11 is 29.4. The third-order valence-corrected chi connectivity index (χ3v) is 12.7. The fraction of sp³-hybridized carbons (Fsp3) is 0.318. The number of nitrogens with zero attached hydrogens (tertiary/aromatic N) is 3. The van der Waals surface area contributed by atoms with Gasteiger partial charge in [0.15, 0.2) is 0 Å². The van der Waals surface area contributed by atoms with E-state index in [1.165, 1.54) is 82.7 Å². The second-order valence-electron chi connectivity index (χ2n) is 15.8. The van der Waals surface area contributed by atoms with Gasteiger partial charge in [-0.2, -0.15) is 52.7 Å². The van der Waals surface area contributed by atoms with Crippen molar-refractivity contribution in [3.05, 3.63) is 155 Å². The average molecular weight is 1050 g/mol. The van der Waals surface area contributed by atoms with Crippen LogP contribution in [0, 0.1) is 0 Å². The summed E-state index contributed by atoms with van der Waals surface area (Å²) < 4.78 is 167. The molecular weight excluding hydrogens is 1020 g/mol. The number of anilines is 2. The predicted octanol–water partition coefficient (Wildman–Crippen LogP) is 13.9.